The van der Waals surface area contributed by atoms with Crippen molar-refractivity contribution in [2.75, 3.05) is 20.2 Å². The standard InChI is InChI=1S/C22H31N5O.HI/c1-4-28-21-19(11-8-12-24-21)14-25-22(23-3)26-20-13-17(2)27(16-20)15-18-9-6-5-7-10-18;/h5-12,17,20H,4,13-16H2,1-3H3,(H2,23,25,26);1H. The van der Waals surface area contributed by atoms with E-state index in [0.29, 0.717) is 31.1 Å². The number of nitrogens with one attached hydrogen (secondary N) is 2. The summed E-state index contributed by atoms with van der Waals surface area (Å²) < 4.78 is 5.60. The fourth-order valence-corrected chi connectivity index (χ4v) is 3.63. The van der Waals surface area contributed by atoms with Crippen LogP contribution in [0, 0.1) is 0 Å². The number of rotatable bonds is 7. The Morgan fingerprint density at radius 1 is 1.24 bits per heavy atom. The first-order valence-electron chi connectivity index (χ1n) is 10.0. The predicted octanol–water partition coefficient (Wildman–Crippen LogP) is 3.43. The molecule has 2 N–H and O–H groups in total. The number of pyridine rings is 1. The zero-order valence-corrected chi connectivity index (χ0v) is 19.8. The van der Waals surface area contributed by atoms with Crippen LogP contribution < -0.4 is 15.4 Å². The fourth-order valence-electron chi connectivity index (χ4n) is 3.63. The van der Waals surface area contributed by atoms with Crippen LogP contribution >= 0.6 is 24.0 Å². The number of ether oxygens (including phenoxy) is 1. The Morgan fingerprint density at radius 2 is 2.03 bits per heavy atom. The van der Waals surface area contributed by atoms with Crippen molar-refractivity contribution in [3.8, 4) is 5.88 Å². The molecule has 0 saturated carbocycles. The summed E-state index contributed by atoms with van der Waals surface area (Å²) in [6.45, 7) is 7.49. The Labute approximate surface area is 191 Å². The zero-order valence-electron chi connectivity index (χ0n) is 17.5. The quantitative estimate of drug-likeness (QED) is 0.340. The molecule has 0 amide bonds. The highest BCUT2D eigenvalue weighted by atomic mass is 127. The first-order chi connectivity index (χ1) is 13.7. The van der Waals surface area contributed by atoms with E-state index in [1.165, 1.54) is 5.56 Å². The predicted molar refractivity (Wildman–Crippen MR) is 129 cm³/mol. The van der Waals surface area contributed by atoms with Gasteiger partial charge in [0.15, 0.2) is 5.96 Å². The second kappa shape index (κ2) is 12.0. The smallest absolute Gasteiger partial charge is 0.218 e. The molecule has 1 fully saturated rings. The number of aliphatic imine (C=N–C) groups is 1. The molecule has 6 nitrogen and oxygen atoms in total. The van der Waals surface area contributed by atoms with Crippen LogP contribution in [0.25, 0.3) is 0 Å². The number of guanidine groups is 1. The van der Waals surface area contributed by atoms with Gasteiger partial charge in [0, 0.05) is 50.5 Å². The van der Waals surface area contributed by atoms with E-state index in [-0.39, 0.29) is 24.0 Å². The van der Waals surface area contributed by atoms with Crippen molar-refractivity contribution >= 4 is 29.9 Å². The summed E-state index contributed by atoms with van der Waals surface area (Å²) in [5.41, 5.74) is 2.38. The summed E-state index contributed by atoms with van der Waals surface area (Å²) in [7, 11) is 1.81. The third-order valence-corrected chi connectivity index (χ3v) is 5.07. The van der Waals surface area contributed by atoms with Crippen molar-refractivity contribution in [2.45, 2.75) is 45.4 Å². The van der Waals surface area contributed by atoms with Gasteiger partial charge in [-0.05, 0) is 31.9 Å². The van der Waals surface area contributed by atoms with Crippen molar-refractivity contribution < 1.29 is 4.74 Å². The molecular formula is C22H32IN5O. The SMILES string of the molecule is CCOc1ncccc1CNC(=NC)NC1CC(C)N(Cc2ccccc2)C1.I. The molecule has 1 aliphatic heterocycles. The van der Waals surface area contributed by atoms with Gasteiger partial charge in [0.1, 0.15) is 0 Å². The first kappa shape index (κ1) is 23.4. The summed E-state index contributed by atoms with van der Waals surface area (Å²) in [4.78, 5) is 11.2. The van der Waals surface area contributed by atoms with Crippen LogP contribution in [0.15, 0.2) is 53.7 Å². The van der Waals surface area contributed by atoms with Crippen molar-refractivity contribution in [1.82, 2.24) is 20.5 Å². The fraction of sp³-hybridized carbons (Fsp3) is 0.455. The molecule has 1 aliphatic rings. The topological polar surface area (TPSA) is 61.8 Å². The molecule has 0 bridgehead atoms. The second-order valence-electron chi connectivity index (χ2n) is 7.17. The summed E-state index contributed by atoms with van der Waals surface area (Å²) in [5.74, 6) is 1.49. The number of halogens is 1. The molecule has 3 rings (SSSR count). The Balaban J connectivity index is 0.00000300. The molecular weight excluding hydrogens is 477 g/mol. The van der Waals surface area contributed by atoms with Gasteiger partial charge < -0.3 is 15.4 Å². The van der Waals surface area contributed by atoms with Crippen LogP contribution in [-0.4, -0.2) is 48.1 Å². The number of likely N-dealkylation sites (tertiary alicyclic amines) is 1. The van der Waals surface area contributed by atoms with E-state index >= 15 is 0 Å². The summed E-state index contributed by atoms with van der Waals surface area (Å²) in [6.07, 6.45) is 2.85. The van der Waals surface area contributed by atoms with Gasteiger partial charge in [0.2, 0.25) is 5.88 Å². The highest BCUT2D eigenvalue weighted by molar-refractivity contribution is 14.0. The molecule has 29 heavy (non-hydrogen) atoms. The minimum atomic E-state index is 0. The molecule has 2 aromatic rings. The van der Waals surface area contributed by atoms with Crippen LogP contribution in [0.5, 0.6) is 5.88 Å². The minimum absolute atomic E-state index is 0. The van der Waals surface area contributed by atoms with Crippen molar-refractivity contribution in [3.05, 3.63) is 59.8 Å². The van der Waals surface area contributed by atoms with Gasteiger partial charge in [-0.2, -0.15) is 0 Å². The van der Waals surface area contributed by atoms with Crippen LogP contribution in [0.1, 0.15) is 31.4 Å². The molecule has 0 aliphatic carbocycles. The lowest BCUT2D eigenvalue weighted by Gasteiger charge is -2.21. The average Bonchev–Trinajstić information content (AvgIpc) is 3.06. The molecule has 0 spiro atoms. The van der Waals surface area contributed by atoms with E-state index in [4.69, 9.17) is 4.74 Å². The van der Waals surface area contributed by atoms with Crippen LogP contribution in [0.3, 0.4) is 0 Å². The summed E-state index contributed by atoms with van der Waals surface area (Å²) in [6, 6.07) is 15.5. The minimum Gasteiger partial charge on any atom is -0.478 e. The highest BCUT2D eigenvalue weighted by Crippen LogP contribution is 2.20. The van der Waals surface area contributed by atoms with Gasteiger partial charge in [-0.15, -0.1) is 24.0 Å². The number of aromatic nitrogens is 1. The van der Waals surface area contributed by atoms with E-state index in [9.17, 15) is 0 Å². The van der Waals surface area contributed by atoms with E-state index in [0.717, 1.165) is 31.0 Å². The molecule has 2 atom stereocenters. The van der Waals surface area contributed by atoms with Crippen LogP contribution in [0.2, 0.25) is 0 Å². The number of nitrogens with zero attached hydrogens (tertiary/aromatic N) is 3. The number of benzene rings is 1. The summed E-state index contributed by atoms with van der Waals surface area (Å²) in [5, 5.41) is 6.96. The average molecular weight is 509 g/mol. The van der Waals surface area contributed by atoms with Crippen molar-refractivity contribution in [2.24, 2.45) is 4.99 Å². The third kappa shape index (κ3) is 6.85. The molecule has 7 heteroatoms. The number of hydrogen-bond donors (Lipinski definition) is 2. The van der Waals surface area contributed by atoms with E-state index in [2.05, 4.69) is 62.8 Å². The van der Waals surface area contributed by atoms with Crippen molar-refractivity contribution in [3.63, 3.8) is 0 Å². The third-order valence-electron chi connectivity index (χ3n) is 5.07. The van der Waals surface area contributed by atoms with Crippen LogP contribution in [-0.2, 0) is 13.1 Å². The Bertz CT molecular complexity index is 771. The van der Waals surface area contributed by atoms with Gasteiger partial charge in [-0.1, -0.05) is 36.4 Å². The van der Waals surface area contributed by atoms with E-state index < -0.39 is 0 Å². The van der Waals surface area contributed by atoms with Crippen LogP contribution in [0.4, 0.5) is 0 Å². The lowest BCUT2D eigenvalue weighted by Crippen LogP contribution is -2.44. The molecule has 2 heterocycles. The normalized spacial score (nSPS) is 19.5. The monoisotopic (exact) mass is 509 g/mol. The maximum Gasteiger partial charge on any atom is 0.218 e. The molecule has 158 valence electrons. The Kier molecular flexibility index (Phi) is 9.66. The molecule has 2 unspecified atom stereocenters. The summed E-state index contributed by atoms with van der Waals surface area (Å²) >= 11 is 0. The number of hydrogen-bond acceptors (Lipinski definition) is 4. The van der Waals surface area contributed by atoms with Gasteiger partial charge >= 0.3 is 0 Å². The first-order valence-corrected chi connectivity index (χ1v) is 10.0. The van der Waals surface area contributed by atoms with E-state index in [1.54, 1.807) is 6.20 Å². The Hall–Kier alpha value is -1.87. The van der Waals surface area contributed by atoms with Gasteiger partial charge in [0.25, 0.3) is 0 Å². The second-order valence-corrected chi connectivity index (χ2v) is 7.17. The molecule has 0 radical (unpaired) electrons. The molecule has 1 aromatic heterocycles. The molecule has 1 aromatic carbocycles. The largest absolute Gasteiger partial charge is 0.478 e. The maximum absolute atomic E-state index is 5.60. The maximum atomic E-state index is 5.60. The lowest BCUT2D eigenvalue weighted by molar-refractivity contribution is 0.258. The van der Waals surface area contributed by atoms with Gasteiger partial charge in [0.05, 0.1) is 6.61 Å². The van der Waals surface area contributed by atoms with E-state index in [1.807, 2.05) is 26.1 Å². The van der Waals surface area contributed by atoms with Crippen molar-refractivity contribution in [1.29, 1.82) is 0 Å². The van der Waals surface area contributed by atoms with Gasteiger partial charge in [-0.3, -0.25) is 9.89 Å². The Morgan fingerprint density at radius 3 is 2.76 bits per heavy atom. The zero-order chi connectivity index (χ0) is 19.8. The molecule has 1 saturated heterocycles. The highest BCUT2D eigenvalue weighted by Gasteiger charge is 2.29. The lowest BCUT2D eigenvalue weighted by atomic mass is 10.2. The van der Waals surface area contributed by atoms with Gasteiger partial charge in [-0.25, -0.2) is 4.98 Å².